The first-order valence-corrected chi connectivity index (χ1v) is 8.05. The molecule has 0 aliphatic heterocycles. The number of nitrogens with two attached hydrogens (primary N) is 1. The fraction of sp³-hybridized carbons (Fsp3) is 0.200. The van der Waals surface area contributed by atoms with E-state index in [-0.39, 0.29) is 23.5 Å². The number of fused-ring (bicyclic) bond motifs is 1. The summed E-state index contributed by atoms with van der Waals surface area (Å²) in [6.45, 7) is 0.259. The lowest BCUT2D eigenvalue weighted by atomic mass is 10.1. The Balaban J connectivity index is 1.69. The van der Waals surface area contributed by atoms with Crippen molar-refractivity contribution in [3.8, 4) is 0 Å². The summed E-state index contributed by atoms with van der Waals surface area (Å²) in [6, 6.07) is 2.90. The van der Waals surface area contributed by atoms with Gasteiger partial charge in [-0.05, 0) is 24.1 Å². The molecule has 0 bridgehead atoms. The highest BCUT2D eigenvalue weighted by atomic mass is 32.1. The van der Waals surface area contributed by atoms with E-state index in [4.69, 9.17) is 5.73 Å². The fourth-order valence-corrected chi connectivity index (χ4v) is 3.01. The van der Waals surface area contributed by atoms with E-state index in [1.807, 2.05) is 0 Å². The van der Waals surface area contributed by atoms with Crippen molar-refractivity contribution in [1.82, 2.24) is 15.0 Å². The number of carbonyl (C=O) groups excluding carboxylic acids is 1. The van der Waals surface area contributed by atoms with Gasteiger partial charge in [-0.1, -0.05) is 11.3 Å². The molecule has 1 atom stereocenters. The lowest BCUT2D eigenvalue weighted by Gasteiger charge is -2.12. The molecule has 0 saturated carbocycles. The number of thiazole rings is 1. The number of nitrogens with zero attached hydrogens (tertiary/aromatic N) is 3. The maximum Gasteiger partial charge on any atom is 0.277 e. The Labute approximate surface area is 144 Å². The lowest BCUT2D eigenvalue weighted by molar-refractivity contribution is 0.1000. The van der Waals surface area contributed by atoms with Gasteiger partial charge in [0.05, 0.1) is 6.10 Å². The number of benzene rings is 1. The van der Waals surface area contributed by atoms with Crippen LogP contribution in [0.15, 0.2) is 24.5 Å². The van der Waals surface area contributed by atoms with Gasteiger partial charge in [0.1, 0.15) is 28.3 Å². The molecule has 4 N–H and O–H groups in total. The van der Waals surface area contributed by atoms with Crippen LogP contribution < -0.4 is 11.1 Å². The largest absolute Gasteiger partial charge is 0.388 e. The molecule has 3 aromatic rings. The van der Waals surface area contributed by atoms with Crippen molar-refractivity contribution in [1.29, 1.82) is 0 Å². The van der Waals surface area contributed by atoms with Crippen molar-refractivity contribution < 1.29 is 18.7 Å². The third kappa shape index (κ3) is 3.86. The molecule has 3 rings (SSSR count). The summed E-state index contributed by atoms with van der Waals surface area (Å²) in [4.78, 5) is 23.9. The number of nitrogens with one attached hydrogen (secondary N) is 1. The molecule has 1 unspecified atom stereocenters. The number of hydrogen-bond donors (Lipinski definition) is 3. The van der Waals surface area contributed by atoms with Crippen LogP contribution in [0, 0.1) is 11.6 Å². The number of amides is 1. The molecule has 2 aromatic heterocycles. The number of aromatic nitrogens is 3. The molecule has 1 aromatic carbocycles. The van der Waals surface area contributed by atoms with Crippen LogP contribution in [0.1, 0.15) is 27.9 Å². The van der Waals surface area contributed by atoms with E-state index in [2.05, 4.69) is 20.3 Å². The van der Waals surface area contributed by atoms with Gasteiger partial charge >= 0.3 is 0 Å². The topological polar surface area (TPSA) is 114 Å². The summed E-state index contributed by atoms with van der Waals surface area (Å²) in [5.41, 5.74) is 5.75. The molecule has 0 aliphatic carbocycles. The summed E-state index contributed by atoms with van der Waals surface area (Å²) in [7, 11) is 0. The van der Waals surface area contributed by atoms with Crippen LogP contribution in [-0.2, 0) is 0 Å². The minimum absolute atomic E-state index is 0.119. The van der Waals surface area contributed by atoms with Gasteiger partial charge in [0.15, 0.2) is 10.8 Å². The first-order chi connectivity index (χ1) is 11.9. The average molecular weight is 365 g/mol. The molecule has 7 nitrogen and oxygen atoms in total. The number of aliphatic hydroxyl groups is 1. The van der Waals surface area contributed by atoms with Gasteiger partial charge in [0.2, 0.25) is 0 Å². The molecular weight excluding hydrogens is 352 g/mol. The van der Waals surface area contributed by atoms with E-state index in [0.29, 0.717) is 16.2 Å². The summed E-state index contributed by atoms with van der Waals surface area (Å²) in [5, 5.41) is 13.1. The molecule has 0 radical (unpaired) electrons. The molecule has 10 heteroatoms. The zero-order valence-electron chi connectivity index (χ0n) is 12.7. The minimum atomic E-state index is -1.05. The average Bonchev–Trinajstić information content (AvgIpc) is 2.99. The third-order valence-corrected chi connectivity index (χ3v) is 4.36. The van der Waals surface area contributed by atoms with Crippen LogP contribution in [0.4, 0.5) is 14.6 Å². The number of carbonyl (C=O) groups is 1. The molecule has 130 valence electrons. The zero-order valence-corrected chi connectivity index (χ0v) is 13.6. The molecule has 0 aliphatic rings. The van der Waals surface area contributed by atoms with Gasteiger partial charge in [-0.3, -0.25) is 4.79 Å². The first-order valence-electron chi connectivity index (χ1n) is 7.23. The van der Waals surface area contributed by atoms with Crippen LogP contribution in [0.5, 0.6) is 0 Å². The highest BCUT2D eigenvalue weighted by molar-refractivity contribution is 7.19. The molecule has 1 amide bonds. The summed E-state index contributed by atoms with van der Waals surface area (Å²) < 4.78 is 26.4. The van der Waals surface area contributed by atoms with Gasteiger partial charge in [0, 0.05) is 12.6 Å². The van der Waals surface area contributed by atoms with Gasteiger partial charge in [-0.2, -0.15) is 0 Å². The maximum absolute atomic E-state index is 13.2. The van der Waals surface area contributed by atoms with E-state index in [1.54, 1.807) is 0 Å². The summed E-state index contributed by atoms with van der Waals surface area (Å²) in [5.74, 6) is -1.77. The predicted molar refractivity (Wildman–Crippen MR) is 88.2 cm³/mol. The van der Waals surface area contributed by atoms with Crippen LogP contribution >= 0.6 is 11.3 Å². The summed E-state index contributed by atoms with van der Waals surface area (Å²) >= 11 is 1.05. The van der Waals surface area contributed by atoms with E-state index in [0.717, 1.165) is 29.5 Å². The molecule has 0 saturated heterocycles. The Kier molecular flexibility index (Phi) is 4.81. The van der Waals surface area contributed by atoms with E-state index < -0.39 is 23.6 Å². The van der Waals surface area contributed by atoms with E-state index in [9.17, 15) is 18.7 Å². The number of anilines is 1. The number of primary amides is 1. The maximum atomic E-state index is 13.2. The fourth-order valence-electron chi connectivity index (χ4n) is 2.25. The number of aliphatic hydroxyl groups excluding tert-OH is 1. The van der Waals surface area contributed by atoms with E-state index >= 15 is 0 Å². The van der Waals surface area contributed by atoms with Crippen LogP contribution in [-0.4, -0.2) is 32.5 Å². The minimum Gasteiger partial charge on any atom is -0.388 e. The smallest absolute Gasteiger partial charge is 0.277 e. The van der Waals surface area contributed by atoms with Gasteiger partial charge in [-0.15, -0.1) is 0 Å². The molecule has 2 heterocycles. The van der Waals surface area contributed by atoms with Crippen molar-refractivity contribution in [2.24, 2.45) is 5.73 Å². The zero-order chi connectivity index (χ0) is 18.0. The standard InChI is InChI=1S/C15H13F2N5O2S/c16-8-3-7(4-9(17)5-8)10(23)1-2-19-13-11-14(21-6-20-13)25-15(22-11)12(18)24/h3-6,10,23H,1-2H2,(H2,18,24)(H,19,20,21). The summed E-state index contributed by atoms with van der Waals surface area (Å²) in [6.07, 6.45) is 0.444. The second-order valence-corrected chi connectivity index (χ2v) is 6.17. The molecular formula is C15H13F2N5O2S. The molecule has 0 fully saturated rings. The highest BCUT2D eigenvalue weighted by Gasteiger charge is 2.15. The van der Waals surface area contributed by atoms with Crippen molar-refractivity contribution >= 4 is 33.4 Å². The van der Waals surface area contributed by atoms with Crippen molar-refractivity contribution in [3.05, 3.63) is 46.7 Å². The second-order valence-electron chi connectivity index (χ2n) is 5.19. The van der Waals surface area contributed by atoms with Crippen molar-refractivity contribution in [2.45, 2.75) is 12.5 Å². The quantitative estimate of drug-likeness (QED) is 0.616. The monoisotopic (exact) mass is 365 g/mol. The van der Waals surface area contributed by atoms with Crippen molar-refractivity contribution in [3.63, 3.8) is 0 Å². The van der Waals surface area contributed by atoms with Gasteiger partial charge < -0.3 is 16.2 Å². The highest BCUT2D eigenvalue weighted by Crippen LogP contribution is 2.25. The van der Waals surface area contributed by atoms with E-state index in [1.165, 1.54) is 6.33 Å². The van der Waals surface area contributed by atoms with Crippen molar-refractivity contribution in [2.75, 3.05) is 11.9 Å². The lowest BCUT2D eigenvalue weighted by Crippen LogP contribution is -2.11. The van der Waals surface area contributed by atoms with Gasteiger partial charge in [0.25, 0.3) is 5.91 Å². The number of halogens is 2. The van der Waals surface area contributed by atoms with Gasteiger partial charge in [-0.25, -0.2) is 23.7 Å². The predicted octanol–water partition coefficient (Wildman–Crippen LogP) is 2.00. The first kappa shape index (κ1) is 17.1. The Hall–Kier alpha value is -2.72. The Morgan fingerprint density at radius 3 is 2.68 bits per heavy atom. The molecule has 25 heavy (non-hydrogen) atoms. The number of rotatable bonds is 6. The SMILES string of the molecule is NC(=O)c1nc2c(NCCC(O)c3cc(F)cc(F)c3)ncnc2s1. The Morgan fingerprint density at radius 1 is 1.28 bits per heavy atom. The number of hydrogen-bond acceptors (Lipinski definition) is 7. The molecule has 0 spiro atoms. The Morgan fingerprint density at radius 2 is 2.00 bits per heavy atom. The normalized spacial score (nSPS) is 12.3. The second kappa shape index (κ2) is 7.03. The Bertz CT molecular complexity index is 913. The van der Waals surface area contributed by atoms with Crippen LogP contribution in [0.25, 0.3) is 10.3 Å². The third-order valence-electron chi connectivity index (χ3n) is 3.39. The van der Waals surface area contributed by atoms with Crippen LogP contribution in [0.3, 0.4) is 0 Å². The van der Waals surface area contributed by atoms with Crippen LogP contribution in [0.2, 0.25) is 0 Å².